The Labute approximate surface area is 106 Å². The molecule has 0 unspecified atom stereocenters. The van der Waals surface area contributed by atoms with Crippen LogP contribution in [0.15, 0.2) is 79.1 Å². The minimum atomic E-state index is 0.0782. The molecule has 0 fully saturated rings. The predicted octanol–water partition coefficient (Wildman–Crippen LogP) is 4.18. The van der Waals surface area contributed by atoms with Crippen LogP contribution in [0.4, 0.5) is 0 Å². The van der Waals surface area contributed by atoms with Gasteiger partial charge in [-0.2, -0.15) is 0 Å². The van der Waals surface area contributed by atoms with Gasteiger partial charge in [-0.15, -0.1) is 0 Å². The summed E-state index contributed by atoms with van der Waals surface area (Å²) in [5, 5.41) is 10.1. The summed E-state index contributed by atoms with van der Waals surface area (Å²) in [4.78, 5) is 0. The number of hydrogen-bond donors (Lipinski definition) is 1. The van der Waals surface area contributed by atoms with Crippen molar-refractivity contribution in [2.75, 3.05) is 0 Å². The normalized spacial score (nSPS) is 11.6. The highest BCUT2D eigenvalue weighted by Crippen LogP contribution is 2.20. The number of allylic oxidation sites excluding steroid dienone is 1. The average molecular weight is 238 g/mol. The molecule has 0 heterocycles. The molecule has 0 aromatic heterocycles. The predicted molar refractivity (Wildman–Crippen MR) is 73.3 cm³/mol. The second-order valence-corrected chi connectivity index (χ2v) is 3.70. The van der Waals surface area contributed by atoms with Crippen molar-refractivity contribution < 1.29 is 9.84 Å². The van der Waals surface area contributed by atoms with Gasteiger partial charge in [0.2, 0.25) is 0 Å². The number of benzene rings is 2. The summed E-state index contributed by atoms with van der Waals surface area (Å²) in [6.07, 6.45) is 1.50. The molecule has 0 atom stereocenters. The molecular formula is C16H14O2. The van der Waals surface area contributed by atoms with Crippen LogP contribution in [-0.2, 0) is 0 Å². The van der Waals surface area contributed by atoms with E-state index in [4.69, 9.17) is 4.74 Å². The van der Waals surface area contributed by atoms with Crippen LogP contribution in [0.1, 0.15) is 5.56 Å². The zero-order valence-corrected chi connectivity index (χ0v) is 9.91. The lowest BCUT2D eigenvalue weighted by molar-refractivity contribution is 0.410. The van der Waals surface area contributed by atoms with Gasteiger partial charge in [0, 0.05) is 5.56 Å². The first-order chi connectivity index (χ1) is 8.81. The zero-order chi connectivity index (χ0) is 12.8. The van der Waals surface area contributed by atoms with Crippen molar-refractivity contribution in [1.82, 2.24) is 0 Å². The van der Waals surface area contributed by atoms with E-state index in [2.05, 4.69) is 6.58 Å². The van der Waals surface area contributed by atoms with Crippen LogP contribution in [0.5, 0.6) is 5.75 Å². The smallest absolute Gasteiger partial charge is 0.169 e. The van der Waals surface area contributed by atoms with Gasteiger partial charge >= 0.3 is 0 Å². The highest BCUT2D eigenvalue weighted by molar-refractivity contribution is 5.62. The molecule has 90 valence electrons. The van der Waals surface area contributed by atoms with Crippen LogP contribution in [0.3, 0.4) is 0 Å². The monoisotopic (exact) mass is 238 g/mol. The van der Waals surface area contributed by atoms with Gasteiger partial charge in [0.05, 0.1) is 0 Å². The second kappa shape index (κ2) is 5.73. The Bertz CT molecular complexity index is 542. The standard InChI is InChI=1S/C16H14O2/c1-2-15(18-14-11-7-4-8-12-14)16(17)13-9-5-3-6-10-13/h2-12,17H,1H2. The first-order valence-corrected chi connectivity index (χ1v) is 5.65. The molecule has 2 aromatic rings. The maximum atomic E-state index is 10.1. The van der Waals surface area contributed by atoms with E-state index >= 15 is 0 Å². The van der Waals surface area contributed by atoms with Crippen molar-refractivity contribution in [2.24, 2.45) is 0 Å². The summed E-state index contributed by atoms with van der Waals surface area (Å²) in [6, 6.07) is 18.5. The number of aliphatic hydroxyl groups is 1. The molecule has 0 spiro atoms. The van der Waals surface area contributed by atoms with Crippen molar-refractivity contribution >= 4 is 5.76 Å². The fourth-order valence-electron chi connectivity index (χ4n) is 1.54. The Morgan fingerprint density at radius 2 is 1.50 bits per heavy atom. The van der Waals surface area contributed by atoms with Crippen LogP contribution >= 0.6 is 0 Å². The summed E-state index contributed by atoms with van der Waals surface area (Å²) in [5.41, 5.74) is 0.698. The molecule has 0 saturated heterocycles. The van der Waals surface area contributed by atoms with E-state index < -0.39 is 0 Å². The SMILES string of the molecule is C=CC(Oc1ccccc1)=C(O)c1ccccc1. The average Bonchev–Trinajstić information content (AvgIpc) is 2.46. The van der Waals surface area contributed by atoms with Gasteiger partial charge in [-0.3, -0.25) is 0 Å². The molecule has 0 aliphatic heterocycles. The number of hydrogen-bond acceptors (Lipinski definition) is 2. The summed E-state index contributed by atoms with van der Waals surface area (Å²) in [5.74, 6) is 1.08. The quantitative estimate of drug-likeness (QED) is 0.639. The van der Waals surface area contributed by atoms with Crippen LogP contribution in [0.2, 0.25) is 0 Å². The van der Waals surface area contributed by atoms with E-state index in [0.717, 1.165) is 0 Å². The summed E-state index contributed by atoms with van der Waals surface area (Å²) >= 11 is 0. The third kappa shape index (κ3) is 2.80. The summed E-state index contributed by atoms with van der Waals surface area (Å²) in [6.45, 7) is 3.66. The van der Waals surface area contributed by atoms with Crippen LogP contribution in [0.25, 0.3) is 5.76 Å². The van der Waals surface area contributed by atoms with E-state index in [1.807, 2.05) is 60.7 Å². The molecule has 0 aliphatic carbocycles. The van der Waals surface area contributed by atoms with Crippen molar-refractivity contribution in [1.29, 1.82) is 0 Å². The van der Waals surface area contributed by atoms with Crippen LogP contribution in [0, 0.1) is 0 Å². The van der Waals surface area contributed by atoms with E-state index in [1.165, 1.54) is 6.08 Å². The second-order valence-electron chi connectivity index (χ2n) is 3.70. The molecule has 1 N–H and O–H groups in total. The topological polar surface area (TPSA) is 29.5 Å². The van der Waals surface area contributed by atoms with Crippen LogP contribution in [-0.4, -0.2) is 5.11 Å². The van der Waals surface area contributed by atoms with Gasteiger partial charge in [-0.05, 0) is 18.2 Å². The molecule has 0 aliphatic rings. The zero-order valence-electron chi connectivity index (χ0n) is 9.91. The Balaban J connectivity index is 2.30. The first kappa shape index (κ1) is 12.0. The molecule has 2 rings (SSSR count). The third-order valence-corrected chi connectivity index (χ3v) is 2.44. The maximum Gasteiger partial charge on any atom is 0.169 e. The largest absolute Gasteiger partial charge is 0.504 e. The summed E-state index contributed by atoms with van der Waals surface area (Å²) < 4.78 is 5.59. The molecular weight excluding hydrogens is 224 g/mol. The van der Waals surface area contributed by atoms with Gasteiger partial charge in [0.25, 0.3) is 0 Å². The van der Waals surface area contributed by atoms with Gasteiger partial charge in [0.1, 0.15) is 5.75 Å². The maximum absolute atomic E-state index is 10.1. The number of rotatable bonds is 4. The lowest BCUT2D eigenvalue weighted by Crippen LogP contribution is -1.97. The van der Waals surface area contributed by atoms with Gasteiger partial charge in [-0.25, -0.2) is 0 Å². The number of ether oxygens (including phenoxy) is 1. The van der Waals surface area contributed by atoms with Gasteiger partial charge < -0.3 is 9.84 Å². The van der Waals surface area contributed by atoms with Gasteiger partial charge in [-0.1, -0.05) is 55.1 Å². The highest BCUT2D eigenvalue weighted by atomic mass is 16.5. The highest BCUT2D eigenvalue weighted by Gasteiger charge is 2.07. The van der Waals surface area contributed by atoms with E-state index in [9.17, 15) is 5.11 Å². The van der Waals surface area contributed by atoms with Crippen molar-refractivity contribution in [2.45, 2.75) is 0 Å². The Morgan fingerprint density at radius 1 is 0.944 bits per heavy atom. The molecule has 2 aromatic carbocycles. The Hall–Kier alpha value is -2.48. The van der Waals surface area contributed by atoms with Gasteiger partial charge in [0.15, 0.2) is 11.5 Å². The Morgan fingerprint density at radius 3 is 2.06 bits per heavy atom. The molecule has 0 bridgehead atoms. The lowest BCUT2D eigenvalue weighted by Gasteiger charge is -2.09. The lowest BCUT2D eigenvalue weighted by atomic mass is 10.1. The van der Waals surface area contributed by atoms with E-state index in [-0.39, 0.29) is 5.76 Å². The van der Waals surface area contributed by atoms with Crippen molar-refractivity contribution in [3.05, 3.63) is 84.6 Å². The van der Waals surface area contributed by atoms with Crippen molar-refractivity contribution in [3.8, 4) is 5.75 Å². The molecule has 2 nitrogen and oxygen atoms in total. The molecule has 0 radical (unpaired) electrons. The minimum Gasteiger partial charge on any atom is -0.504 e. The minimum absolute atomic E-state index is 0.0782. The molecule has 0 saturated carbocycles. The number of para-hydroxylation sites is 1. The van der Waals surface area contributed by atoms with Crippen molar-refractivity contribution in [3.63, 3.8) is 0 Å². The molecule has 2 heteroatoms. The van der Waals surface area contributed by atoms with Crippen LogP contribution < -0.4 is 4.74 Å². The fraction of sp³-hybridized carbons (Fsp3) is 0. The van der Waals surface area contributed by atoms with E-state index in [1.54, 1.807) is 0 Å². The first-order valence-electron chi connectivity index (χ1n) is 5.65. The molecule has 0 amide bonds. The fourth-order valence-corrected chi connectivity index (χ4v) is 1.54. The molecule has 18 heavy (non-hydrogen) atoms. The summed E-state index contributed by atoms with van der Waals surface area (Å²) in [7, 11) is 0. The third-order valence-electron chi connectivity index (χ3n) is 2.44. The Kier molecular flexibility index (Phi) is 3.82. The number of aliphatic hydroxyl groups excluding tert-OH is 1. The van der Waals surface area contributed by atoms with E-state index in [0.29, 0.717) is 17.1 Å².